The SMILES string of the molecule is C#CCOc1ccc(Cc2ncc[nH]2)cc1. The first-order chi connectivity index (χ1) is 7.88. The summed E-state index contributed by atoms with van der Waals surface area (Å²) in [6, 6.07) is 7.84. The minimum absolute atomic E-state index is 0.303. The molecule has 0 atom stereocenters. The molecule has 0 unspecified atom stereocenters. The maximum Gasteiger partial charge on any atom is 0.148 e. The molecule has 1 N–H and O–H groups in total. The highest BCUT2D eigenvalue weighted by atomic mass is 16.5. The number of ether oxygens (including phenoxy) is 1. The monoisotopic (exact) mass is 212 g/mol. The third-order valence-electron chi connectivity index (χ3n) is 2.17. The van der Waals surface area contributed by atoms with Gasteiger partial charge in [0.05, 0.1) is 0 Å². The highest BCUT2D eigenvalue weighted by Gasteiger charge is 1.98. The van der Waals surface area contributed by atoms with Crippen molar-refractivity contribution in [3.8, 4) is 18.1 Å². The molecule has 1 aromatic carbocycles. The lowest BCUT2D eigenvalue weighted by molar-refractivity contribution is 0.370. The number of benzene rings is 1. The molecule has 3 heteroatoms. The van der Waals surface area contributed by atoms with Crippen molar-refractivity contribution in [1.29, 1.82) is 0 Å². The third-order valence-corrected chi connectivity index (χ3v) is 2.17. The number of nitrogens with one attached hydrogen (secondary N) is 1. The van der Waals surface area contributed by atoms with Crippen LogP contribution in [0.4, 0.5) is 0 Å². The van der Waals surface area contributed by atoms with Crippen molar-refractivity contribution in [2.45, 2.75) is 6.42 Å². The summed E-state index contributed by atoms with van der Waals surface area (Å²) in [4.78, 5) is 7.24. The van der Waals surface area contributed by atoms with E-state index in [1.54, 1.807) is 6.20 Å². The van der Waals surface area contributed by atoms with Gasteiger partial charge in [0.2, 0.25) is 0 Å². The molecular formula is C13H12N2O. The van der Waals surface area contributed by atoms with E-state index >= 15 is 0 Å². The molecule has 80 valence electrons. The number of aromatic nitrogens is 2. The maximum absolute atomic E-state index is 5.29. The van der Waals surface area contributed by atoms with Gasteiger partial charge in [0.1, 0.15) is 18.2 Å². The molecule has 0 aliphatic carbocycles. The number of imidazole rings is 1. The zero-order valence-electron chi connectivity index (χ0n) is 8.81. The average molecular weight is 212 g/mol. The average Bonchev–Trinajstić information content (AvgIpc) is 2.81. The van der Waals surface area contributed by atoms with Gasteiger partial charge in [0.15, 0.2) is 0 Å². The summed E-state index contributed by atoms with van der Waals surface area (Å²) >= 11 is 0. The van der Waals surface area contributed by atoms with Crippen molar-refractivity contribution >= 4 is 0 Å². The van der Waals surface area contributed by atoms with Crippen LogP contribution < -0.4 is 4.74 Å². The van der Waals surface area contributed by atoms with Gasteiger partial charge in [-0.2, -0.15) is 0 Å². The Bertz CT molecular complexity index is 466. The maximum atomic E-state index is 5.29. The summed E-state index contributed by atoms with van der Waals surface area (Å²) in [5, 5.41) is 0. The Balaban J connectivity index is 2.00. The Morgan fingerprint density at radius 2 is 2.12 bits per heavy atom. The van der Waals surface area contributed by atoms with E-state index in [0.717, 1.165) is 18.0 Å². The number of terminal acetylenes is 1. The number of H-pyrrole nitrogens is 1. The largest absolute Gasteiger partial charge is 0.481 e. The number of hydrogen-bond acceptors (Lipinski definition) is 2. The van der Waals surface area contributed by atoms with E-state index in [1.807, 2.05) is 30.5 Å². The van der Waals surface area contributed by atoms with Crippen LogP contribution in [0.1, 0.15) is 11.4 Å². The second kappa shape index (κ2) is 5.04. The van der Waals surface area contributed by atoms with Crippen LogP contribution in [0.25, 0.3) is 0 Å². The van der Waals surface area contributed by atoms with Crippen LogP contribution in [-0.2, 0) is 6.42 Å². The van der Waals surface area contributed by atoms with Crippen molar-refractivity contribution in [2.75, 3.05) is 6.61 Å². The van der Waals surface area contributed by atoms with Crippen molar-refractivity contribution in [3.63, 3.8) is 0 Å². The first kappa shape index (κ1) is 10.3. The van der Waals surface area contributed by atoms with E-state index in [2.05, 4.69) is 15.9 Å². The molecule has 0 saturated carbocycles. The van der Waals surface area contributed by atoms with Crippen LogP contribution in [0.15, 0.2) is 36.7 Å². The Kier molecular flexibility index (Phi) is 3.25. The van der Waals surface area contributed by atoms with Crippen molar-refractivity contribution < 1.29 is 4.74 Å². The number of rotatable bonds is 4. The molecule has 0 aliphatic heterocycles. The lowest BCUT2D eigenvalue weighted by Gasteiger charge is -2.03. The first-order valence-electron chi connectivity index (χ1n) is 5.02. The Morgan fingerprint density at radius 3 is 2.75 bits per heavy atom. The van der Waals surface area contributed by atoms with Gasteiger partial charge < -0.3 is 9.72 Å². The van der Waals surface area contributed by atoms with Crippen LogP contribution in [-0.4, -0.2) is 16.6 Å². The normalized spacial score (nSPS) is 9.69. The molecule has 3 nitrogen and oxygen atoms in total. The van der Waals surface area contributed by atoms with Gasteiger partial charge in [-0.3, -0.25) is 0 Å². The van der Waals surface area contributed by atoms with E-state index < -0.39 is 0 Å². The van der Waals surface area contributed by atoms with Crippen molar-refractivity contribution in [2.24, 2.45) is 0 Å². The fourth-order valence-electron chi connectivity index (χ4n) is 1.42. The highest BCUT2D eigenvalue weighted by Crippen LogP contribution is 2.13. The standard InChI is InChI=1S/C13H12N2O/c1-2-9-16-12-5-3-11(4-6-12)10-13-14-7-8-15-13/h1,3-8H,9-10H2,(H,14,15). The second-order valence-electron chi connectivity index (χ2n) is 3.35. The van der Waals surface area contributed by atoms with Crippen LogP contribution in [0.5, 0.6) is 5.75 Å². The van der Waals surface area contributed by atoms with E-state index in [1.165, 1.54) is 5.56 Å². The molecule has 0 spiro atoms. The number of hydrogen-bond donors (Lipinski definition) is 1. The summed E-state index contributed by atoms with van der Waals surface area (Å²) in [6.07, 6.45) is 9.47. The lowest BCUT2D eigenvalue weighted by Crippen LogP contribution is -1.94. The molecular weight excluding hydrogens is 200 g/mol. The fourth-order valence-corrected chi connectivity index (χ4v) is 1.42. The molecule has 0 saturated heterocycles. The lowest BCUT2D eigenvalue weighted by atomic mass is 10.1. The summed E-state index contributed by atoms with van der Waals surface area (Å²) in [6.45, 7) is 0.303. The van der Waals surface area contributed by atoms with Gasteiger partial charge >= 0.3 is 0 Å². The van der Waals surface area contributed by atoms with Crippen LogP contribution >= 0.6 is 0 Å². The Labute approximate surface area is 94.5 Å². The minimum Gasteiger partial charge on any atom is -0.481 e. The predicted molar refractivity (Wildman–Crippen MR) is 62.2 cm³/mol. The van der Waals surface area contributed by atoms with E-state index in [9.17, 15) is 0 Å². The highest BCUT2D eigenvalue weighted by molar-refractivity contribution is 5.29. The summed E-state index contributed by atoms with van der Waals surface area (Å²) in [5.74, 6) is 4.18. The molecule has 0 amide bonds. The number of aromatic amines is 1. The van der Waals surface area contributed by atoms with Crippen molar-refractivity contribution in [3.05, 3.63) is 48.0 Å². The van der Waals surface area contributed by atoms with Gasteiger partial charge in [-0.15, -0.1) is 6.42 Å². The molecule has 1 aromatic heterocycles. The van der Waals surface area contributed by atoms with E-state index in [0.29, 0.717) is 6.61 Å². The van der Waals surface area contributed by atoms with Crippen LogP contribution in [0, 0.1) is 12.3 Å². The van der Waals surface area contributed by atoms with E-state index in [-0.39, 0.29) is 0 Å². The van der Waals surface area contributed by atoms with Crippen LogP contribution in [0.3, 0.4) is 0 Å². The molecule has 1 heterocycles. The smallest absolute Gasteiger partial charge is 0.148 e. The fraction of sp³-hybridized carbons (Fsp3) is 0.154. The quantitative estimate of drug-likeness (QED) is 0.787. The summed E-state index contributed by atoms with van der Waals surface area (Å²) in [7, 11) is 0. The Hall–Kier alpha value is -2.21. The van der Waals surface area contributed by atoms with Crippen LogP contribution in [0.2, 0.25) is 0 Å². The predicted octanol–water partition coefficient (Wildman–Crippen LogP) is 2.01. The van der Waals surface area contributed by atoms with Crippen molar-refractivity contribution in [1.82, 2.24) is 9.97 Å². The molecule has 2 aromatic rings. The molecule has 0 bridgehead atoms. The summed E-state index contributed by atoms with van der Waals surface area (Å²) in [5.41, 5.74) is 1.18. The van der Waals surface area contributed by atoms with Gasteiger partial charge in [-0.1, -0.05) is 18.1 Å². The Morgan fingerprint density at radius 1 is 1.31 bits per heavy atom. The third kappa shape index (κ3) is 2.64. The second-order valence-corrected chi connectivity index (χ2v) is 3.35. The van der Waals surface area contributed by atoms with Gasteiger partial charge in [0, 0.05) is 18.8 Å². The van der Waals surface area contributed by atoms with Gasteiger partial charge in [-0.05, 0) is 17.7 Å². The van der Waals surface area contributed by atoms with Gasteiger partial charge in [-0.25, -0.2) is 4.98 Å². The zero-order chi connectivity index (χ0) is 11.2. The first-order valence-corrected chi connectivity index (χ1v) is 5.02. The molecule has 16 heavy (non-hydrogen) atoms. The molecule has 0 radical (unpaired) electrons. The topological polar surface area (TPSA) is 37.9 Å². The molecule has 0 fully saturated rings. The summed E-state index contributed by atoms with van der Waals surface area (Å²) < 4.78 is 5.29. The van der Waals surface area contributed by atoms with Gasteiger partial charge in [0.25, 0.3) is 0 Å². The molecule has 0 aliphatic rings. The van der Waals surface area contributed by atoms with E-state index in [4.69, 9.17) is 11.2 Å². The minimum atomic E-state index is 0.303. The number of nitrogens with zero attached hydrogens (tertiary/aromatic N) is 1. The zero-order valence-corrected chi connectivity index (χ0v) is 8.81. The molecule has 2 rings (SSSR count).